The first-order chi connectivity index (χ1) is 10.3. The summed E-state index contributed by atoms with van der Waals surface area (Å²) in [5.41, 5.74) is 0. The Labute approximate surface area is 123 Å². The van der Waals surface area contributed by atoms with Gasteiger partial charge in [0.2, 0.25) is 0 Å². The number of aryl methyl sites for hydroxylation is 1. The average molecular weight is 288 g/mol. The first-order valence-electron chi connectivity index (χ1n) is 7.25. The van der Waals surface area contributed by atoms with E-state index in [1.54, 1.807) is 6.33 Å². The predicted molar refractivity (Wildman–Crippen MR) is 77.5 cm³/mol. The number of aromatic nitrogens is 4. The third kappa shape index (κ3) is 2.91. The monoisotopic (exact) mass is 288 g/mol. The maximum Gasteiger partial charge on any atom is 0.318 e. The summed E-state index contributed by atoms with van der Waals surface area (Å²) in [4.78, 5) is 14.2. The minimum Gasteiger partial charge on any atom is -0.353 e. The molecule has 0 saturated carbocycles. The molecule has 7 nitrogen and oxygen atoms in total. The average Bonchev–Trinajstić information content (AvgIpc) is 3.18. The molecule has 1 fully saturated rings. The van der Waals surface area contributed by atoms with Crippen LogP contribution in [0.4, 0.5) is 4.79 Å². The van der Waals surface area contributed by atoms with E-state index in [1.807, 2.05) is 45.6 Å². The number of rotatable bonds is 4. The van der Waals surface area contributed by atoms with Gasteiger partial charge in [-0.2, -0.15) is 0 Å². The Balaban J connectivity index is 1.57. The van der Waals surface area contributed by atoms with Crippen molar-refractivity contribution in [3.8, 4) is 0 Å². The van der Waals surface area contributed by atoms with E-state index in [2.05, 4.69) is 15.5 Å². The molecule has 2 aromatic rings. The van der Waals surface area contributed by atoms with Gasteiger partial charge in [0.15, 0.2) is 5.82 Å². The standard InChI is InChI=1S/C14H20N6O/c1-18-11-16-17-13(18)12-5-4-9-20(12)14(21)15-6-10-19-7-2-3-8-19/h2-3,7-8,11-12H,4-6,9-10H2,1H3,(H,15,21)/t12-/m0/s1. The summed E-state index contributed by atoms with van der Waals surface area (Å²) in [5.74, 6) is 0.855. The zero-order chi connectivity index (χ0) is 14.7. The smallest absolute Gasteiger partial charge is 0.318 e. The van der Waals surface area contributed by atoms with E-state index < -0.39 is 0 Å². The fraction of sp³-hybridized carbons (Fsp3) is 0.500. The van der Waals surface area contributed by atoms with Gasteiger partial charge in [0.05, 0.1) is 6.04 Å². The Morgan fingerprint density at radius 2 is 2.24 bits per heavy atom. The molecule has 1 N–H and O–H groups in total. The van der Waals surface area contributed by atoms with Gasteiger partial charge in [-0.25, -0.2) is 4.79 Å². The van der Waals surface area contributed by atoms with Gasteiger partial charge in [-0.3, -0.25) is 0 Å². The number of urea groups is 1. The lowest BCUT2D eigenvalue weighted by molar-refractivity contribution is 0.189. The van der Waals surface area contributed by atoms with Gasteiger partial charge >= 0.3 is 6.03 Å². The van der Waals surface area contributed by atoms with Gasteiger partial charge in [0.1, 0.15) is 6.33 Å². The minimum absolute atomic E-state index is 0.0207. The van der Waals surface area contributed by atoms with E-state index >= 15 is 0 Å². The van der Waals surface area contributed by atoms with Crippen LogP contribution in [0, 0.1) is 0 Å². The lowest BCUT2D eigenvalue weighted by Crippen LogP contribution is -2.41. The summed E-state index contributed by atoms with van der Waals surface area (Å²) in [7, 11) is 1.91. The number of likely N-dealkylation sites (tertiary alicyclic amines) is 1. The third-order valence-corrected chi connectivity index (χ3v) is 3.87. The summed E-state index contributed by atoms with van der Waals surface area (Å²) in [5, 5.41) is 11.0. The van der Waals surface area contributed by atoms with E-state index in [-0.39, 0.29) is 12.1 Å². The maximum absolute atomic E-state index is 12.3. The summed E-state index contributed by atoms with van der Waals surface area (Å²) >= 11 is 0. The van der Waals surface area contributed by atoms with Crippen molar-refractivity contribution in [2.24, 2.45) is 7.05 Å². The van der Waals surface area contributed by atoms with Gasteiger partial charge in [0, 0.05) is 39.1 Å². The third-order valence-electron chi connectivity index (χ3n) is 3.87. The van der Waals surface area contributed by atoms with E-state index in [9.17, 15) is 4.79 Å². The Morgan fingerprint density at radius 1 is 1.43 bits per heavy atom. The molecule has 1 atom stereocenters. The largest absolute Gasteiger partial charge is 0.353 e. The van der Waals surface area contributed by atoms with Gasteiger partial charge in [0.25, 0.3) is 0 Å². The summed E-state index contributed by atoms with van der Waals surface area (Å²) in [6.07, 6.45) is 7.60. The number of nitrogens with one attached hydrogen (secondary N) is 1. The van der Waals surface area contributed by atoms with E-state index in [0.29, 0.717) is 6.54 Å². The van der Waals surface area contributed by atoms with Crippen LogP contribution in [-0.2, 0) is 13.6 Å². The van der Waals surface area contributed by atoms with E-state index in [4.69, 9.17) is 0 Å². The van der Waals surface area contributed by atoms with Crippen molar-refractivity contribution >= 4 is 6.03 Å². The number of hydrogen-bond acceptors (Lipinski definition) is 3. The fourth-order valence-corrected chi connectivity index (χ4v) is 2.78. The molecule has 0 bridgehead atoms. The summed E-state index contributed by atoms with van der Waals surface area (Å²) in [6, 6.07) is 3.97. The lowest BCUT2D eigenvalue weighted by atomic mass is 10.2. The van der Waals surface area contributed by atoms with Crippen molar-refractivity contribution in [1.82, 2.24) is 29.5 Å². The molecule has 1 aliphatic rings. The van der Waals surface area contributed by atoms with Crippen molar-refractivity contribution in [3.63, 3.8) is 0 Å². The first kappa shape index (κ1) is 13.7. The van der Waals surface area contributed by atoms with E-state index in [1.165, 1.54) is 0 Å². The van der Waals surface area contributed by atoms with Crippen molar-refractivity contribution < 1.29 is 4.79 Å². The number of nitrogens with zero attached hydrogens (tertiary/aromatic N) is 5. The van der Waals surface area contributed by atoms with E-state index in [0.717, 1.165) is 31.8 Å². The molecule has 3 heterocycles. The molecule has 0 aromatic carbocycles. The molecule has 7 heteroatoms. The normalized spacial score (nSPS) is 18.1. The SMILES string of the molecule is Cn1cnnc1[C@@H]1CCCN1C(=O)NCCn1cccc1. The first-order valence-corrected chi connectivity index (χ1v) is 7.25. The topological polar surface area (TPSA) is 68.0 Å². The maximum atomic E-state index is 12.3. The number of amides is 2. The van der Waals surface area contributed by atoms with Crippen LogP contribution in [0.15, 0.2) is 30.9 Å². The number of hydrogen-bond donors (Lipinski definition) is 1. The predicted octanol–water partition coefficient (Wildman–Crippen LogP) is 1.16. The zero-order valence-electron chi connectivity index (χ0n) is 12.1. The van der Waals surface area contributed by atoms with Crippen LogP contribution < -0.4 is 5.32 Å². The summed E-state index contributed by atoms with van der Waals surface area (Å²) in [6.45, 7) is 2.17. The molecule has 21 heavy (non-hydrogen) atoms. The van der Waals surface area contributed by atoms with Crippen LogP contribution >= 0.6 is 0 Å². The molecular formula is C14H20N6O. The Bertz CT molecular complexity index is 590. The molecular weight excluding hydrogens is 268 g/mol. The van der Waals surface area contributed by atoms with Gasteiger partial charge in [-0.1, -0.05) is 0 Å². The molecule has 0 aliphatic carbocycles. The number of carbonyl (C=O) groups excluding carboxylic acids is 1. The van der Waals surface area contributed by atoms with Crippen LogP contribution in [0.3, 0.4) is 0 Å². The Hall–Kier alpha value is -2.31. The highest BCUT2D eigenvalue weighted by Crippen LogP contribution is 2.30. The van der Waals surface area contributed by atoms with Gasteiger partial charge < -0.3 is 19.4 Å². The molecule has 2 amide bonds. The molecule has 2 aromatic heterocycles. The van der Waals surface area contributed by atoms with Crippen molar-refractivity contribution in [2.75, 3.05) is 13.1 Å². The zero-order valence-corrected chi connectivity index (χ0v) is 12.1. The quantitative estimate of drug-likeness (QED) is 0.918. The van der Waals surface area contributed by atoms with Crippen LogP contribution in [0.5, 0.6) is 0 Å². The second-order valence-corrected chi connectivity index (χ2v) is 5.30. The molecule has 112 valence electrons. The molecule has 0 radical (unpaired) electrons. The van der Waals surface area contributed by atoms with Crippen molar-refractivity contribution in [3.05, 3.63) is 36.7 Å². The van der Waals surface area contributed by atoms with Crippen LogP contribution in [-0.4, -0.2) is 43.4 Å². The lowest BCUT2D eigenvalue weighted by Gasteiger charge is -2.24. The molecule has 3 rings (SSSR count). The minimum atomic E-state index is -0.0207. The van der Waals surface area contributed by atoms with Crippen LogP contribution in [0.2, 0.25) is 0 Å². The second-order valence-electron chi connectivity index (χ2n) is 5.30. The molecule has 1 aliphatic heterocycles. The highest BCUT2D eigenvalue weighted by atomic mass is 16.2. The van der Waals surface area contributed by atoms with Gasteiger partial charge in [-0.15, -0.1) is 10.2 Å². The molecule has 0 spiro atoms. The summed E-state index contributed by atoms with van der Waals surface area (Å²) < 4.78 is 3.93. The Kier molecular flexibility index (Phi) is 3.89. The number of carbonyl (C=O) groups is 1. The fourth-order valence-electron chi connectivity index (χ4n) is 2.78. The van der Waals surface area contributed by atoms with Crippen molar-refractivity contribution in [2.45, 2.75) is 25.4 Å². The van der Waals surface area contributed by atoms with Crippen LogP contribution in [0.1, 0.15) is 24.7 Å². The highest BCUT2D eigenvalue weighted by Gasteiger charge is 2.32. The van der Waals surface area contributed by atoms with Crippen LogP contribution in [0.25, 0.3) is 0 Å². The van der Waals surface area contributed by atoms with Crippen molar-refractivity contribution in [1.29, 1.82) is 0 Å². The molecule has 1 saturated heterocycles. The highest BCUT2D eigenvalue weighted by molar-refractivity contribution is 5.74. The Morgan fingerprint density at radius 3 is 2.95 bits per heavy atom. The molecule has 0 unspecified atom stereocenters. The van der Waals surface area contributed by atoms with Gasteiger partial charge in [-0.05, 0) is 25.0 Å². The second kappa shape index (κ2) is 5.99.